The smallest absolute Gasteiger partial charge is 1.00 e. The Morgan fingerprint density at radius 3 is 1.38 bits per heavy atom. The standard InChI is InChI=1S/2Na.H2O3S2.H2S.H/c;;1-5(2,3)4;;/h;;(H2,1,2,3,4);1H2;/q2*+1;;;-1/p-1. The third-order valence-electron chi connectivity index (χ3n) is 0. The molecular weight excluding hydrogens is 190 g/mol. The average molecular weight is 194 g/mol. The van der Waals surface area contributed by atoms with Crippen molar-refractivity contribution in [1.82, 2.24) is 0 Å². The van der Waals surface area contributed by atoms with E-state index in [1.165, 1.54) is 0 Å². The molecule has 0 aliphatic carbocycles. The zero-order valence-electron chi connectivity index (χ0n) is 5.57. The van der Waals surface area contributed by atoms with Gasteiger partial charge in [-0.05, 0) is 0 Å². The van der Waals surface area contributed by atoms with Crippen molar-refractivity contribution in [3.63, 3.8) is 0 Å². The van der Waals surface area contributed by atoms with E-state index in [1.807, 2.05) is 0 Å². The van der Waals surface area contributed by atoms with E-state index in [2.05, 4.69) is 11.2 Å². The predicted molar refractivity (Wildman–Crippen MR) is 30.6 cm³/mol. The SMILES string of the molecule is O=S(O)(O)=S.[H-].[Na+].[Na+].[SH-]. The van der Waals surface area contributed by atoms with Crippen LogP contribution in [0.15, 0.2) is 0 Å². The molecule has 0 amide bonds. The van der Waals surface area contributed by atoms with E-state index in [0.29, 0.717) is 0 Å². The van der Waals surface area contributed by atoms with Crippen LogP contribution in [-0.2, 0) is 33.7 Å². The zero-order valence-corrected chi connectivity index (χ0v) is 11.1. The Kier molecular flexibility index (Phi) is 27.0. The molecule has 0 unspecified atom stereocenters. The van der Waals surface area contributed by atoms with E-state index in [9.17, 15) is 0 Å². The Balaban J connectivity index is -0.0000000133. The summed E-state index contributed by atoms with van der Waals surface area (Å²) in [4.78, 5) is 0. The number of hydrogen-bond acceptors (Lipinski definition) is 3. The molecule has 0 radical (unpaired) electrons. The Morgan fingerprint density at radius 2 is 1.38 bits per heavy atom. The molecule has 0 rings (SSSR count). The van der Waals surface area contributed by atoms with Crippen LogP contribution in [0.25, 0.3) is 0 Å². The molecule has 42 valence electrons. The van der Waals surface area contributed by atoms with Gasteiger partial charge in [0.2, 0.25) is 0 Å². The van der Waals surface area contributed by atoms with Crippen LogP contribution in [0.1, 0.15) is 1.43 Å². The minimum absolute atomic E-state index is 0. The summed E-state index contributed by atoms with van der Waals surface area (Å²) in [6.45, 7) is 0. The molecule has 0 heterocycles. The minimum Gasteiger partial charge on any atom is -1.00 e. The van der Waals surface area contributed by atoms with Crippen LogP contribution < -0.4 is 59.1 Å². The fourth-order valence-electron chi connectivity index (χ4n) is 0. The molecule has 0 spiro atoms. The van der Waals surface area contributed by atoms with Crippen molar-refractivity contribution >= 4 is 33.7 Å². The second-order valence-corrected chi connectivity index (χ2v) is 2.65. The Morgan fingerprint density at radius 1 is 1.38 bits per heavy atom. The Labute approximate surface area is 106 Å². The van der Waals surface area contributed by atoms with Crippen LogP contribution in [0.3, 0.4) is 0 Å². The molecular formula is H4Na2O3S3. The number of hydrogen-bond donors (Lipinski definition) is 2. The van der Waals surface area contributed by atoms with Gasteiger partial charge < -0.3 is 14.9 Å². The van der Waals surface area contributed by atoms with Crippen molar-refractivity contribution in [2.24, 2.45) is 0 Å². The van der Waals surface area contributed by atoms with Crippen LogP contribution in [0.4, 0.5) is 0 Å². The van der Waals surface area contributed by atoms with Gasteiger partial charge in [0.15, 0.2) is 0 Å². The van der Waals surface area contributed by atoms with Gasteiger partial charge in [-0.15, -0.1) is 0 Å². The number of thiol groups is 1. The first-order valence-corrected chi connectivity index (χ1v) is 3.10. The first-order valence-electron chi connectivity index (χ1n) is 0.698. The van der Waals surface area contributed by atoms with Gasteiger partial charge in [0.1, 0.15) is 0 Å². The molecule has 0 aromatic carbocycles. The zero-order chi connectivity index (χ0) is 4.50. The molecule has 0 aliphatic heterocycles. The molecule has 0 aromatic rings. The molecule has 0 aromatic heterocycles. The van der Waals surface area contributed by atoms with Gasteiger partial charge in [0.25, 0.3) is 9.05 Å². The molecule has 0 bridgehead atoms. The predicted octanol–water partition coefficient (Wildman–Crippen LogP) is -6.47. The topological polar surface area (TPSA) is 57.5 Å². The Hall–Kier alpha value is 2.64. The van der Waals surface area contributed by atoms with Crippen molar-refractivity contribution in [1.29, 1.82) is 0 Å². The van der Waals surface area contributed by atoms with Gasteiger partial charge in [-0.1, -0.05) is 0 Å². The largest absolute Gasteiger partial charge is 1.00 e. The van der Waals surface area contributed by atoms with Gasteiger partial charge in [-0.25, -0.2) is 0 Å². The quantitative estimate of drug-likeness (QED) is 0.228. The van der Waals surface area contributed by atoms with Gasteiger partial charge in [-0.3, -0.25) is 9.11 Å². The summed E-state index contributed by atoms with van der Waals surface area (Å²) in [7, 11) is -3.83. The summed E-state index contributed by atoms with van der Waals surface area (Å²) >= 11 is 3.47. The number of rotatable bonds is 0. The molecule has 0 aliphatic rings. The van der Waals surface area contributed by atoms with Crippen LogP contribution in [0, 0.1) is 0 Å². The molecule has 0 saturated heterocycles. The van der Waals surface area contributed by atoms with E-state index < -0.39 is 9.05 Å². The van der Waals surface area contributed by atoms with Crippen molar-refractivity contribution in [2.75, 3.05) is 0 Å². The molecule has 0 saturated carbocycles. The molecule has 3 nitrogen and oxygen atoms in total. The van der Waals surface area contributed by atoms with Crippen LogP contribution >= 0.6 is 0 Å². The van der Waals surface area contributed by atoms with Crippen LogP contribution in [0.5, 0.6) is 0 Å². The molecule has 0 atom stereocenters. The van der Waals surface area contributed by atoms with Crippen LogP contribution in [0.2, 0.25) is 0 Å². The maximum absolute atomic E-state index is 9.11. The second kappa shape index (κ2) is 9.64. The third kappa shape index (κ3) is 72.4. The monoisotopic (exact) mass is 194 g/mol. The summed E-state index contributed by atoms with van der Waals surface area (Å²) in [6, 6.07) is 0. The van der Waals surface area contributed by atoms with E-state index in [0.717, 1.165) is 0 Å². The van der Waals surface area contributed by atoms with Crippen molar-refractivity contribution in [3.8, 4) is 0 Å². The van der Waals surface area contributed by atoms with Crippen molar-refractivity contribution in [3.05, 3.63) is 0 Å². The Bertz CT molecular complexity index is 100. The summed E-state index contributed by atoms with van der Waals surface area (Å²) < 4.78 is 24.0. The molecule has 0 fully saturated rings. The third-order valence-corrected chi connectivity index (χ3v) is 0. The van der Waals surface area contributed by atoms with Crippen molar-refractivity contribution in [2.45, 2.75) is 0 Å². The minimum atomic E-state index is -3.83. The first kappa shape index (κ1) is 22.4. The summed E-state index contributed by atoms with van der Waals surface area (Å²) in [5, 5.41) is 0. The first-order chi connectivity index (χ1) is 2.00. The van der Waals surface area contributed by atoms with Gasteiger partial charge in [-0.2, -0.15) is 4.21 Å². The van der Waals surface area contributed by atoms with Crippen LogP contribution in [-0.4, -0.2) is 13.3 Å². The van der Waals surface area contributed by atoms with E-state index in [4.69, 9.17) is 13.3 Å². The molecule has 8 heteroatoms. The normalized spacial score (nSPS) is 7.25. The second-order valence-electron chi connectivity index (χ2n) is 0.448. The van der Waals surface area contributed by atoms with Gasteiger partial charge >= 0.3 is 59.1 Å². The van der Waals surface area contributed by atoms with E-state index >= 15 is 0 Å². The average Bonchev–Trinajstić information content (AvgIpc) is 0.722. The fraction of sp³-hybridized carbons (Fsp3) is 0. The summed E-state index contributed by atoms with van der Waals surface area (Å²) in [6.07, 6.45) is 0. The molecule has 2 N–H and O–H groups in total. The maximum Gasteiger partial charge on any atom is 1.00 e. The fourth-order valence-corrected chi connectivity index (χ4v) is 0. The maximum atomic E-state index is 9.11. The van der Waals surface area contributed by atoms with Gasteiger partial charge in [0.05, 0.1) is 0 Å². The van der Waals surface area contributed by atoms with Gasteiger partial charge in [0, 0.05) is 11.2 Å². The summed E-state index contributed by atoms with van der Waals surface area (Å²) in [5.41, 5.74) is 0. The van der Waals surface area contributed by atoms with E-state index in [1.54, 1.807) is 0 Å². The summed E-state index contributed by atoms with van der Waals surface area (Å²) in [5.74, 6) is 0. The molecule has 8 heavy (non-hydrogen) atoms. The van der Waals surface area contributed by atoms with E-state index in [-0.39, 0.29) is 74.0 Å². The van der Waals surface area contributed by atoms with Crippen molar-refractivity contribution < 1.29 is 73.9 Å².